The van der Waals surface area contributed by atoms with Crippen LogP contribution in [-0.4, -0.2) is 48.3 Å². The summed E-state index contributed by atoms with van der Waals surface area (Å²) < 4.78 is 28.5. The van der Waals surface area contributed by atoms with Gasteiger partial charge in [-0.1, -0.05) is 24.6 Å². The van der Waals surface area contributed by atoms with Crippen molar-refractivity contribution in [2.75, 3.05) is 25.0 Å². The van der Waals surface area contributed by atoms with E-state index in [1.165, 1.54) is 21.4 Å². The molecule has 0 saturated carbocycles. The van der Waals surface area contributed by atoms with E-state index in [1.54, 1.807) is 11.9 Å². The van der Waals surface area contributed by atoms with E-state index in [4.69, 9.17) is 0 Å². The van der Waals surface area contributed by atoms with Gasteiger partial charge in [0.25, 0.3) is 10.0 Å². The summed E-state index contributed by atoms with van der Waals surface area (Å²) in [5.41, 5.74) is 1.91. The molecule has 1 saturated heterocycles. The van der Waals surface area contributed by atoms with E-state index < -0.39 is 10.0 Å². The Morgan fingerprint density at radius 1 is 1.22 bits per heavy atom. The van der Waals surface area contributed by atoms with Crippen LogP contribution in [0.25, 0.3) is 0 Å². The summed E-state index contributed by atoms with van der Waals surface area (Å²) in [5.74, 6) is 0.399. The molecule has 2 aromatic rings. The van der Waals surface area contributed by atoms with Gasteiger partial charge in [-0.05, 0) is 37.8 Å². The molecule has 0 spiro atoms. The highest BCUT2D eigenvalue weighted by Gasteiger charge is 2.30. The fourth-order valence-electron chi connectivity index (χ4n) is 3.09. The largest absolute Gasteiger partial charge is 0.327 e. The van der Waals surface area contributed by atoms with Crippen LogP contribution in [0.2, 0.25) is 0 Å². The Bertz CT molecular complexity index is 897. The minimum atomic E-state index is -3.60. The summed E-state index contributed by atoms with van der Waals surface area (Å²) in [4.78, 5) is 18.1. The van der Waals surface area contributed by atoms with Gasteiger partial charge < -0.3 is 9.47 Å². The molecule has 1 amide bonds. The topological polar surface area (TPSA) is 75.5 Å². The number of likely N-dealkylation sites (N-methyl/N-ethyl adjacent to an activating group) is 1. The number of sulfonamides is 1. The van der Waals surface area contributed by atoms with Crippen LogP contribution in [0.4, 0.5) is 5.69 Å². The molecule has 1 aromatic carbocycles. The van der Waals surface area contributed by atoms with E-state index in [-0.39, 0.29) is 17.5 Å². The maximum Gasteiger partial charge on any atom is 0.262 e. The molecule has 3 rings (SSSR count). The van der Waals surface area contributed by atoms with E-state index in [0.717, 1.165) is 24.1 Å². The number of hydrogen-bond donors (Lipinski definition) is 0. The Hall–Kier alpha value is -2.19. The Balaban J connectivity index is 1.68. The van der Waals surface area contributed by atoms with Gasteiger partial charge in [0.05, 0.1) is 6.33 Å². The Morgan fingerprint density at radius 3 is 2.48 bits per heavy atom. The fraction of sp³-hybridized carbons (Fsp3) is 0.474. The zero-order chi connectivity index (χ0) is 19.6. The van der Waals surface area contributed by atoms with Crippen LogP contribution in [0.5, 0.6) is 0 Å². The molecule has 146 valence electrons. The van der Waals surface area contributed by atoms with Gasteiger partial charge in [0, 0.05) is 32.0 Å². The molecule has 1 aliphatic heterocycles. The summed E-state index contributed by atoms with van der Waals surface area (Å²) >= 11 is 0. The van der Waals surface area contributed by atoms with Crippen LogP contribution < -0.4 is 4.90 Å². The number of aryl methyl sites for hydroxylation is 1. The summed E-state index contributed by atoms with van der Waals surface area (Å²) in [5, 5.41) is 0.00263. The standard InChI is InChI=1S/C19H26N4O3S/c1-15-4-6-17(7-5-15)21(3)19(24)13-22-12-18(20-14-22)27(25,26)23-10-8-16(2)9-11-23/h4-7,12,14,16H,8-11,13H2,1-3H3. The number of rotatable bonds is 5. The lowest BCUT2D eigenvalue weighted by Gasteiger charge is -2.28. The van der Waals surface area contributed by atoms with Crippen molar-refractivity contribution in [2.45, 2.75) is 38.3 Å². The molecule has 0 N–H and O–H groups in total. The van der Waals surface area contributed by atoms with E-state index in [9.17, 15) is 13.2 Å². The average molecular weight is 391 g/mol. The highest BCUT2D eigenvalue weighted by atomic mass is 32.2. The molecular formula is C19H26N4O3S. The van der Waals surface area contributed by atoms with Gasteiger partial charge in [0.2, 0.25) is 5.91 Å². The number of nitrogens with zero attached hydrogens (tertiary/aromatic N) is 4. The normalized spacial score (nSPS) is 16.4. The zero-order valence-corrected chi connectivity index (χ0v) is 16.8. The van der Waals surface area contributed by atoms with Crippen LogP contribution in [-0.2, 0) is 21.4 Å². The first kappa shape index (κ1) is 19.6. The van der Waals surface area contributed by atoms with Crippen molar-refractivity contribution in [3.63, 3.8) is 0 Å². The average Bonchev–Trinajstić information content (AvgIpc) is 3.11. The molecule has 1 aromatic heterocycles. The number of benzene rings is 1. The first-order valence-electron chi connectivity index (χ1n) is 9.12. The maximum absolute atomic E-state index is 12.7. The second-order valence-electron chi connectivity index (χ2n) is 7.26. The Kier molecular flexibility index (Phi) is 5.67. The van der Waals surface area contributed by atoms with Crippen molar-refractivity contribution in [3.8, 4) is 0 Å². The quantitative estimate of drug-likeness (QED) is 0.785. The SMILES string of the molecule is Cc1ccc(N(C)C(=O)Cn2cnc(S(=O)(=O)N3CCC(C)CC3)c2)cc1. The number of hydrogen-bond acceptors (Lipinski definition) is 4. The zero-order valence-electron chi connectivity index (χ0n) is 16.0. The third-order valence-corrected chi connectivity index (χ3v) is 6.85. The molecular weight excluding hydrogens is 364 g/mol. The van der Waals surface area contributed by atoms with Gasteiger partial charge in [0.15, 0.2) is 5.03 Å². The van der Waals surface area contributed by atoms with Gasteiger partial charge in [-0.15, -0.1) is 0 Å². The van der Waals surface area contributed by atoms with Crippen molar-refractivity contribution in [1.82, 2.24) is 13.9 Å². The number of aromatic nitrogens is 2. The fourth-order valence-corrected chi connectivity index (χ4v) is 4.50. The van der Waals surface area contributed by atoms with Crippen molar-refractivity contribution in [2.24, 2.45) is 5.92 Å². The molecule has 1 fully saturated rings. The molecule has 1 aliphatic rings. The van der Waals surface area contributed by atoms with Gasteiger partial charge >= 0.3 is 0 Å². The lowest BCUT2D eigenvalue weighted by atomic mass is 10.0. The number of piperidine rings is 1. The van der Waals surface area contributed by atoms with E-state index in [2.05, 4.69) is 11.9 Å². The number of anilines is 1. The van der Waals surface area contributed by atoms with Crippen molar-refractivity contribution >= 4 is 21.6 Å². The van der Waals surface area contributed by atoms with E-state index >= 15 is 0 Å². The first-order valence-corrected chi connectivity index (χ1v) is 10.6. The summed E-state index contributed by atoms with van der Waals surface area (Å²) in [7, 11) is -1.90. The summed E-state index contributed by atoms with van der Waals surface area (Å²) in [6, 6.07) is 7.66. The molecule has 0 atom stereocenters. The Labute approximate surface area is 160 Å². The van der Waals surface area contributed by atoms with Crippen LogP contribution in [0.15, 0.2) is 41.8 Å². The van der Waals surface area contributed by atoms with Gasteiger partial charge in [0.1, 0.15) is 6.54 Å². The van der Waals surface area contributed by atoms with E-state index in [1.807, 2.05) is 31.2 Å². The van der Waals surface area contributed by atoms with Crippen LogP contribution in [0, 0.1) is 12.8 Å². The third kappa shape index (κ3) is 4.39. The second kappa shape index (κ2) is 7.82. The van der Waals surface area contributed by atoms with Crippen molar-refractivity contribution < 1.29 is 13.2 Å². The third-order valence-electron chi connectivity index (χ3n) is 5.07. The highest BCUT2D eigenvalue weighted by molar-refractivity contribution is 7.89. The van der Waals surface area contributed by atoms with Crippen molar-refractivity contribution in [3.05, 3.63) is 42.4 Å². The smallest absolute Gasteiger partial charge is 0.262 e. The Morgan fingerprint density at radius 2 is 1.85 bits per heavy atom. The highest BCUT2D eigenvalue weighted by Crippen LogP contribution is 2.22. The molecule has 0 bridgehead atoms. The van der Waals surface area contributed by atoms with Crippen LogP contribution in [0.1, 0.15) is 25.3 Å². The molecule has 0 aliphatic carbocycles. The van der Waals surface area contributed by atoms with Gasteiger partial charge in [-0.3, -0.25) is 4.79 Å². The molecule has 8 heteroatoms. The number of imidazole rings is 1. The summed E-state index contributed by atoms with van der Waals surface area (Å²) in [6.45, 7) is 5.19. The van der Waals surface area contributed by atoms with Crippen LogP contribution >= 0.6 is 0 Å². The van der Waals surface area contributed by atoms with Crippen LogP contribution in [0.3, 0.4) is 0 Å². The minimum absolute atomic E-state index is 0.00263. The second-order valence-corrected chi connectivity index (χ2v) is 9.14. The van der Waals surface area contributed by atoms with Gasteiger partial charge in [-0.2, -0.15) is 4.31 Å². The molecule has 7 nitrogen and oxygen atoms in total. The first-order chi connectivity index (χ1) is 12.8. The minimum Gasteiger partial charge on any atom is -0.327 e. The lowest BCUT2D eigenvalue weighted by Crippen LogP contribution is -2.38. The molecule has 0 unspecified atom stereocenters. The predicted molar refractivity (Wildman–Crippen MR) is 104 cm³/mol. The van der Waals surface area contributed by atoms with E-state index in [0.29, 0.717) is 19.0 Å². The predicted octanol–water partition coefficient (Wildman–Crippen LogP) is 2.28. The number of amides is 1. The lowest BCUT2D eigenvalue weighted by molar-refractivity contribution is -0.118. The summed E-state index contributed by atoms with van der Waals surface area (Å²) in [6.07, 6.45) is 4.56. The van der Waals surface area contributed by atoms with Crippen molar-refractivity contribution in [1.29, 1.82) is 0 Å². The molecule has 2 heterocycles. The van der Waals surface area contributed by atoms with Gasteiger partial charge in [-0.25, -0.2) is 13.4 Å². The molecule has 0 radical (unpaired) electrons. The number of carbonyl (C=O) groups is 1. The maximum atomic E-state index is 12.7. The number of carbonyl (C=O) groups excluding carboxylic acids is 1. The monoisotopic (exact) mass is 390 g/mol. The molecule has 27 heavy (non-hydrogen) atoms.